The smallest absolute Gasteiger partial charge is 0.326 e. The highest BCUT2D eigenvalue weighted by Gasteiger charge is 2.35. The molecule has 0 bridgehead atoms. The first kappa shape index (κ1) is 19.8. The predicted molar refractivity (Wildman–Crippen MR) is 92.0 cm³/mol. The minimum atomic E-state index is -4.60. The monoisotopic (exact) mass is 386 g/mol. The normalized spacial score (nSPS) is 11.5. The number of benzene rings is 1. The zero-order chi connectivity index (χ0) is 19.3. The van der Waals surface area contributed by atoms with Crippen molar-refractivity contribution < 1.29 is 22.8 Å². The minimum Gasteiger partial charge on any atom is -0.326 e. The number of carbonyl (C=O) groups is 2. The van der Waals surface area contributed by atoms with E-state index in [4.69, 9.17) is 0 Å². The molecule has 1 heterocycles. The molecule has 140 valence electrons. The lowest BCUT2D eigenvalue weighted by Gasteiger charge is -2.12. The lowest BCUT2D eigenvalue weighted by atomic mass is 10.0. The van der Waals surface area contributed by atoms with Gasteiger partial charge in [-0.1, -0.05) is 25.2 Å². The molecular formula is C16H17F3N4O2S. The molecule has 26 heavy (non-hydrogen) atoms. The van der Waals surface area contributed by atoms with Crippen LogP contribution in [-0.4, -0.2) is 22.0 Å². The third kappa shape index (κ3) is 5.01. The Balaban J connectivity index is 2.00. The molecule has 0 aliphatic carbocycles. The van der Waals surface area contributed by atoms with E-state index < -0.39 is 17.1 Å². The van der Waals surface area contributed by atoms with Gasteiger partial charge in [-0.25, -0.2) is 0 Å². The van der Waals surface area contributed by atoms with E-state index in [0.717, 1.165) is 12.8 Å². The molecule has 1 aromatic carbocycles. The van der Waals surface area contributed by atoms with E-state index in [-0.39, 0.29) is 33.9 Å². The average Bonchev–Trinajstić information content (AvgIpc) is 3.05. The number of rotatable bonds is 6. The van der Waals surface area contributed by atoms with E-state index in [1.165, 1.54) is 12.1 Å². The van der Waals surface area contributed by atoms with Crippen LogP contribution in [-0.2, 0) is 11.0 Å². The summed E-state index contributed by atoms with van der Waals surface area (Å²) in [5.74, 6) is -0.799. The first-order valence-corrected chi connectivity index (χ1v) is 8.69. The minimum absolute atomic E-state index is 0.0850. The van der Waals surface area contributed by atoms with Crippen LogP contribution in [0.5, 0.6) is 0 Å². The molecule has 1 aromatic heterocycles. The van der Waals surface area contributed by atoms with Gasteiger partial charge in [0.25, 0.3) is 5.91 Å². The molecule has 0 radical (unpaired) electrons. The van der Waals surface area contributed by atoms with Crippen LogP contribution in [0.4, 0.5) is 24.0 Å². The summed E-state index contributed by atoms with van der Waals surface area (Å²) in [6.45, 7) is 3.86. The fraction of sp³-hybridized carbons (Fsp3) is 0.375. The molecule has 10 heteroatoms. The SMILES string of the molecule is CCC(CC)C(=O)Nc1ccc(C(=O)Nc2nnc(C(F)(F)F)s2)cc1. The van der Waals surface area contributed by atoms with Gasteiger partial charge in [-0.15, -0.1) is 10.2 Å². The maximum Gasteiger partial charge on any atom is 0.445 e. The molecular weight excluding hydrogens is 369 g/mol. The van der Waals surface area contributed by atoms with E-state index in [1.54, 1.807) is 12.1 Å². The fourth-order valence-corrected chi connectivity index (χ4v) is 2.77. The van der Waals surface area contributed by atoms with Gasteiger partial charge in [-0.3, -0.25) is 14.9 Å². The second-order valence-electron chi connectivity index (χ2n) is 5.44. The van der Waals surface area contributed by atoms with E-state index in [9.17, 15) is 22.8 Å². The van der Waals surface area contributed by atoms with Gasteiger partial charge < -0.3 is 5.32 Å². The van der Waals surface area contributed by atoms with Crippen molar-refractivity contribution in [2.45, 2.75) is 32.9 Å². The summed E-state index contributed by atoms with van der Waals surface area (Å²) in [6.07, 6.45) is -3.15. The Bertz CT molecular complexity index is 771. The Labute approximate surface area is 151 Å². The van der Waals surface area contributed by atoms with Crippen molar-refractivity contribution >= 4 is 34.0 Å². The van der Waals surface area contributed by atoms with Crippen LogP contribution in [0.2, 0.25) is 0 Å². The van der Waals surface area contributed by atoms with E-state index in [0.29, 0.717) is 5.69 Å². The molecule has 6 nitrogen and oxygen atoms in total. The molecule has 0 saturated heterocycles. The summed E-state index contributed by atoms with van der Waals surface area (Å²) in [4.78, 5) is 24.1. The molecule has 0 spiro atoms. The van der Waals surface area contributed by atoms with Crippen molar-refractivity contribution in [1.82, 2.24) is 10.2 Å². The fourth-order valence-electron chi connectivity index (χ4n) is 2.17. The van der Waals surface area contributed by atoms with Gasteiger partial charge in [0.1, 0.15) is 0 Å². The van der Waals surface area contributed by atoms with Crippen LogP contribution in [0.15, 0.2) is 24.3 Å². The van der Waals surface area contributed by atoms with Crippen LogP contribution in [0, 0.1) is 5.92 Å². The van der Waals surface area contributed by atoms with E-state index >= 15 is 0 Å². The maximum atomic E-state index is 12.5. The van der Waals surface area contributed by atoms with Crippen molar-refractivity contribution in [3.05, 3.63) is 34.8 Å². The number of hydrogen-bond donors (Lipinski definition) is 2. The second kappa shape index (κ2) is 8.26. The third-order valence-corrected chi connectivity index (χ3v) is 4.54. The van der Waals surface area contributed by atoms with Gasteiger partial charge in [-0.05, 0) is 37.1 Å². The average molecular weight is 386 g/mol. The van der Waals surface area contributed by atoms with Crippen LogP contribution in [0.1, 0.15) is 42.1 Å². The van der Waals surface area contributed by atoms with Gasteiger partial charge in [0.15, 0.2) is 0 Å². The van der Waals surface area contributed by atoms with Crippen LogP contribution < -0.4 is 10.6 Å². The quantitative estimate of drug-likeness (QED) is 0.780. The number of hydrogen-bond acceptors (Lipinski definition) is 5. The molecule has 2 N–H and O–H groups in total. The largest absolute Gasteiger partial charge is 0.445 e. The highest BCUT2D eigenvalue weighted by Crippen LogP contribution is 2.33. The van der Waals surface area contributed by atoms with Crippen molar-refractivity contribution in [3.8, 4) is 0 Å². The van der Waals surface area contributed by atoms with Crippen molar-refractivity contribution in [3.63, 3.8) is 0 Å². The van der Waals surface area contributed by atoms with Crippen LogP contribution in [0.3, 0.4) is 0 Å². The summed E-state index contributed by atoms with van der Waals surface area (Å²) < 4.78 is 37.4. The van der Waals surface area contributed by atoms with Crippen LogP contribution in [0.25, 0.3) is 0 Å². The van der Waals surface area contributed by atoms with Gasteiger partial charge in [0.2, 0.25) is 16.0 Å². The summed E-state index contributed by atoms with van der Waals surface area (Å²) in [6, 6.07) is 6.03. The second-order valence-corrected chi connectivity index (χ2v) is 6.42. The molecule has 0 aliphatic rings. The zero-order valence-electron chi connectivity index (χ0n) is 14.1. The zero-order valence-corrected chi connectivity index (χ0v) is 14.9. The topological polar surface area (TPSA) is 84.0 Å². The van der Waals surface area contributed by atoms with Gasteiger partial charge in [-0.2, -0.15) is 13.2 Å². The first-order valence-electron chi connectivity index (χ1n) is 7.87. The molecule has 0 unspecified atom stereocenters. The Morgan fingerprint density at radius 3 is 2.19 bits per heavy atom. The third-order valence-electron chi connectivity index (χ3n) is 3.66. The highest BCUT2D eigenvalue weighted by molar-refractivity contribution is 7.15. The number of nitrogens with zero attached hydrogens (tertiary/aromatic N) is 2. The lowest BCUT2D eigenvalue weighted by Crippen LogP contribution is -2.21. The maximum absolute atomic E-state index is 12.5. The Hall–Kier alpha value is -2.49. The molecule has 2 rings (SSSR count). The van der Waals surface area contributed by atoms with Crippen molar-refractivity contribution in [2.75, 3.05) is 10.6 Å². The number of aromatic nitrogens is 2. The molecule has 0 saturated carbocycles. The predicted octanol–water partition coefficient (Wildman–Crippen LogP) is 4.18. The van der Waals surface area contributed by atoms with Gasteiger partial charge >= 0.3 is 6.18 Å². The van der Waals surface area contributed by atoms with E-state index in [2.05, 4.69) is 20.8 Å². The standard InChI is InChI=1S/C16H17F3N4O2S/c1-3-9(4-2)12(24)20-11-7-5-10(6-8-11)13(25)21-15-23-22-14(26-15)16(17,18)19/h5-9H,3-4H2,1-2H3,(H,20,24)(H,21,23,25). The van der Waals surface area contributed by atoms with Gasteiger partial charge in [0, 0.05) is 17.2 Å². The number of anilines is 2. The van der Waals surface area contributed by atoms with Gasteiger partial charge in [0.05, 0.1) is 0 Å². The summed E-state index contributed by atoms with van der Waals surface area (Å²) >= 11 is 0.246. The number of alkyl halides is 3. The van der Waals surface area contributed by atoms with Crippen LogP contribution >= 0.6 is 11.3 Å². The van der Waals surface area contributed by atoms with Crippen molar-refractivity contribution in [1.29, 1.82) is 0 Å². The molecule has 0 aliphatic heterocycles. The number of halogens is 3. The molecule has 0 fully saturated rings. The summed E-state index contributed by atoms with van der Waals surface area (Å²) in [5.41, 5.74) is 0.753. The molecule has 2 amide bonds. The number of carbonyl (C=O) groups excluding carboxylic acids is 2. The summed E-state index contributed by atoms with van der Waals surface area (Å²) in [5, 5.41) is 9.95. The Kier molecular flexibility index (Phi) is 6.30. The number of amides is 2. The first-order chi connectivity index (χ1) is 12.2. The molecule has 2 aromatic rings. The van der Waals surface area contributed by atoms with Crippen molar-refractivity contribution in [2.24, 2.45) is 5.92 Å². The van der Waals surface area contributed by atoms with E-state index in [1.807, 2.05) is 13.8 Å². The Morgan fingerprint density at radius 1 is 1.08 bits per heavy atom. The molecule has 0 atom stereocenters. The highest BCUT2D eigenvalue weighted by atomic mass is 32.1. The lowest BCUT2D eigenvalue weighted by molar-refractivity contribution is -0.138. The number of nitrogens with one attached hydrogen (secondary N) is 2. The summed E-state index contributed by atoms with van der Waals surface area (Å²) in [7, 11) is 0. The Morgan fingerprint density at radius 2 is 1.69 bits per heavy atom.